The highest BCUT2D eigenvalue weighted by molar-refractivity contribution is 6.04. The highest BCUT2D eigenvalue weighted by Gasteiger charge is 2.87. The quantitative estimate of drug-likeness (QED) is 0.0687. The maximum Gasteiger partial charge on any atom is 0.306 e. The van der Waals surface area contributed by atoms with Crippen LogP contribution in [0.2, 0.25) is 0 Å². The summed E-state index contributed by atoms with van der Waals surface area (Å²) in [6, 6.07) is 0. The van der Waals surface area contributed by atoms with E-state index in [2.05, 4.69) is 6.92 Å². The number of aliphatic hydroxyl groups is 3. The summed E-state index contributed by atoms with van der Waals surface area (Å²) < 4.78 is 18.7. The maximum absolute atomic E-state index is 13.9. The molecule has 53 heavy (non-hydrogen) atoms. The standard InChI is InChI=1S/C42H67NO10/c1-9-10-11-12-13-14-15-16-17-20-39(43(50)37(5,6)26-51-39)21-18-19-33(46)52-36-28(3)41(49)31(34-38(7,8)42(34,36)53-29(4)45)23-30(25-44)24-40(48)32(41)22-27(2)35(40)47/h22-23,28,31-32,34,36,43-44,48-49H,9-21,24-26H2,1-8H3/t28-,31+,32-,34-,36-,39?,40-,41-,42-/m1/s1. The molecule has 1 aliphatic heterocycles. The summed E-state index contributed by atoms with van der Waals surface area (Å²) in [5.41, 5.74) is -6.67. The zero-order chi connectivity index (χ0) is 39.2. The number of unbranched alkanes of at least 4 members (excludes halogenated alkanes) is 8. The molecule has 300 valence electrons. The molecular weight excluding hydrogens is 678 g/mol. The van der Waals surface area contributed by atoms with E-state index in [9.17, 15) is 34.9 Å². The number of ether oxygens (including phenoxy) is 3. The first kappa shape index (κ1) is 42.0. The van der Waals surface area contributed by atoms with E-state index in [1.807, 2.05) is 27.7 Å². The van der Waals surface area contributed by atoms with Crippen molar-refractivity contribution in [2.24, 2.45) is 29.1 Å². The Bertz CT molecular complexity index is 1450. The van der Waals surface area contributed by atoms with E-state index in [0.29, 0.717) is 37.0 Å². The van der Waals surface area contributed by atoms with Crippen LogP contribution in [-0.4, -0.2) is 80.4 Å². The number of hydrogen-bond donors (Lipinski definition) is 4. The van der Waals surface area contributed by atoms with Gasteiger partial charge in [0.1, 0.15) is 23.9 Å². The van der Waals surface area contributed by atoms with Crippen molar-refractivity contribution in [2.45, 2.75) is 179 Å². The van der Waals surface area contributed by atoms with Crippen molar-refractivity contribution in [1.82, 2.24) is 0 Å². The van der Waals surface area contributed by atoms with E-state index in [1.165, 1.54) is 45.4 Å². The minimum absolute atomic E-state index is 0.0116. The fourth-order valence-corrected chi connectivity index (χ4v) is 11.1. The average molecular weight is 746 g/mol. The molecule has 4 N–H and O–H groups in total. The summed E-state index contributed by atoms with van der Waals surface area (Å²) in [7, 11) is 0. The molecule has 1 heterocycles. The molecule has 3 fully saturated rings. The normalized spacial score (nSPS) is 39.3. The third kappa shape index (κ3) is 7.09. The number of carbonyl (C=O) groups is 3. The van der Waals surface area contributed by atoms with Crippen molar-refractivity contribution in [3.8, 4) is 0 Å². The SMILES string of the molecule is CCCCCCCCCCCC1(CCCC(=O)O[C@@H]2[C@@H](C)[C@@]3(O)[C@@H](C=C(CO)C[C@]4(O)C(=O)C(C)=C[C@@H]34)[C@@H]3C(C)(C)[C@]23OC(C)=O)OCC(C)(C)[NH+]1[O-]. The zero-order valence-electron chi connectivity index (χ0n) is 33.6. The highest BCUT2D eigenvalue weighted by atomic mass is 16.6. The van der Waals surface area contributed by atoms with Crippen LogP contribution < -0.4 is 5.06 Å². The number of hydrogen-bond acceptors (Lipinski definition) is 10. The Hall–Kier alpha value is -2.15. The molecule has 10 atom stereocenters. The number of esters is 2. The molecule has 1 saturated heterocycles. The van der Waals surface area contributed by atoms with Crippen LogP contribution in [0, 0.1) is 34.3 Å². The van der Waals surface area contributed by atoms with Gasteiger partial charge in [0.25, 0.3) is 0 Å². The van der Waals surface area contributed by atoms with Crippen LogP contribution in [0.25, 0.3) is 0 Å². The van der Waals surface area contributed by atoms with Gasteiger partial charge in [-0.2, -0.15) is 0 Å². The molecule has 0 aromatic rings. The van der Waals surface area contributed by atoms with E-state index < -0.39 is 87.6 Å². The van der Waals surface area contributed by atoms with Gasteiger partial charge in [-0.1, -0.05) is 91.2 Å². The number of hydroxylamine groups is 2. The van der Waals surface area contributed by atoms with Crippen LogP contribution in [-0.2, 0) is 28.6 Å². The summed E-state index contributed by atoms with van der Waals surface area (Å²) in [4.78, 5) is 40.0. The van der Waals surface area contributed by atoms with Crippen molar-refractivity contribution in [2.75, 3.05) is 13.2 Å². The summed E-state index contributed by atoms with van der Waals surface area (Å²) in [6.45, 7) is 14.4. The fourth-order valence-electron chi connectivity index (χ4n) is 11.1. The monoisotopic (exact) mass is 745 g/mol. The molecule has 4 aliphatic carbocycles. The van der Waals surface area contributed by atoms with Gasteiger partial charge in [0, 0.05) is 61.7 Å². The van der Waals surface area contributed by atoms with Crippen LogP contribution in [0.4, 0.5) is 0 Å². The lowest BCUT2D eigenvalue weighted by Gasteiger charge is -2.53. The molecule has 11 heteroatoms. The van der Waals surface area contributed by atoms with Crippen LogP contribution >= 0.6 is 0 Å². The van der Waals surface area contributed by atoms with Gasteiger partial charge >= 0.3 is 11.9 Å². The largest absolute Gasteiger partial charge is 0.632 e. The molecule has 0 spiro atoms. The minimum Gasteiger partial charge on any atom is -0.632 e. The molecule has 11 nitrogen and oxygen atoms in total. The minimum atomic E-state index is -1.99. The molecule has 5 rings (SSSR count). The smallest absolute Gasteiger partial charge is 0.306 e. The first-order valence-corrected chi connectivity index (χ1v) is 20.4. The van der Waals surface area contributed by atoms with E-state index >= 15 is 0 Å². The first-order chi connectivity index (χ1) is 24.8. The summed E-state index contributed by atoms with van der Waals surface area (Å²) >= 11 is 0. The number of nitrogens with one attached hydrogen (secondary N) is 1. The van der Waals surface area contributed by atoms with Crippen LogP contribution in [0.15, 0.2) is 23.3 Å². The number of ketones is 1. The van der Waals surface area contributed by atoms with E-state index in [0.717, 1.165) is 19.3 Å². The van der Waals surface area contributed by atoms with Crippen molar-refractivity contribution >= 4 is 17.7 Å². The zero-order valence-corrected chi connectivity index (χ0v) is 33.6. The Morgan fingerprint density at radius 1 is 0.981 bits per heavy atom. The average Bonchev–Trinajstić information content (AvgIpc) is 3.39. The van der Waals surface area contributed by atoms with Crippen LogP contribution in [0.3, 0.4) is 0 Å². The van der Waals surface area contributed by atoms with Gasteiger partial charge < -0.3 is 39.8 Å². The first-order valence-electron chi connectivity index (χ1n) is 20.4. The van der Waals surface area contributed by atoms with Gasteiger partial charge in [0.15, 0.2) is 11.4 Å². The van der Waals surface area contributed by atoms with E-state index in [4.69, 9.17) is 14.2 Å². The van der Waals surface area contributed by atoms with Gasteiger partial charge in [-0.15, -0.1) is 0 Å². The molecule has 2 saturated carbocycles. The Morgan fingerprint density at radius 3 is 2.15 bits per heavy atom. The summed E-state index contributed by atoms with van der Waals surface area (Å²) in [5, 5.41) is 49.0. The second-order valence-electron chi connectivity index (χ2n) is 18.4. The van der Waals surface area contributed by atoms with Gasteiger partial charge in [-0.25, -0.2) is 0 Å². The van der Waals surface area contributed by atoms with Crippen molar-refractivity contribution in [3.05, 3.63) is 28.5 Å². The summed E-state index contributed by atoms with van der Waals surface area (Å²) in [6.07, 6.45) is 14.0. The highest BCUT2D eigenvalue weighted by Crippen LogP contribution is 2.77. The second-order valence-corrected chi connectivity index (χ2v) is 18.4. The topological polar surface area (TPSA) is 167 Å². The molecule has 0 aromatic carbocycles. The number of aliphatic hydroxyl groups excluding tert-OH is 1. The van der Waals surface area contributed by atoms with Gasteiger partial charge in [0.2, 0.25) is 5.72 Å². The number of quaternary nitrogens is 1. The molecule has 0 radical (unpaired) electrons. The Kier molecular flexibility index (Phi) is 12.2. The fraction of sp³-hybridized carbons (Fsp3) is 0.833. The second kappa shape index (κ2) is 15.4. The molecule has 0 bridgehead atoms. The third-order valence-electron chi connectivity index (χ3n) is 13.9. The Balaban J connectivity index is 1.33. The molecule has 0 aromatic heterocycles. The van der Waals surface area contributed by atoms with Crippen LogP contribution in [0.1, 0.15) is 145 Å². The Labute approximate surface area is 316 Å². The maximum atomic E-state index is 13.9. The number of carbonyl (C=O) groups excluding carboxylic acids is 3. The van der Waals surface area contributed by atoms with Crippen LogP contribution in [0.5, 0.6) is 0 Å². The molecule has 2 unspecified atom stereocenters. The van der Waals surface area contributed by atoms with Gasteiger partial charge in [-0.05, 0) is 44.8 Å². The van der Waals surface area contributed by atoms with Gasteiger partial charge in [-0.3, -0.25) is 14.4 Å². The van der Waals surface area contributed by atoms with Crippen molar-refractivity contribution < 1.29 is 49.0 Å². The molecule has 0 amide bonds. The Morgan fingerprint density at radius 2 is 1.58 bits per heavy atom. The van der Waals surface area contributed by atoms with E-state index in [1.54, 1.807) is 26.0 Å². The number of rotatable bonds is 17. The van der Waals surface area contributed by atoms with E-state index in [-0.39, 0.29) is 17.9 Å². The predicted octanol–water partition coefficient (Wildman–Crippen LogP) is 5.03. The lowest BCUT2D eigenvalue weighted by molar-refractivity contribution is -0.950. The van der Waals surface area contributed by atoms with Gasteiger partial charge in [0.05, 0.1) is 12.2 Å². The number of Topliss-reactive ketones (excluding diaryl/α,β-unsaturated/α-hetero) is 1. The summed E-state index contributed by atoms with van der Waals surface area (Å²) in [5.74, 6) is -4.83. The predicted molar refractivity (Wildman–Crippen MR) is 199 cm³/mol. The molecular formula is C42H67NO10. The number of fused-ring (bicyclic) bond motifs is 5. The van der Waals surface area contributed by atoms with Crippen molar-refractivity contribution in [1.29, 1.82) is 0 Å². The lowest BCUT2D eigenvalue weighted by Crippen LogP contribution is -3.20. The lowest BCUT2D eigenvalue weighted by atomic mass is 9.59. The molecule has 5 aliphatic rings. The third-order valence-corrected chi connectivity index (χ3v) is 13.9. The van der Waals surface area contributed by atoms with Crippen molar-refractivity contribution in [3.63, 3.8) is 0 Å².